The van der Waals surface area contributed by atoms with Crippen molar-refractivity contribution in [2.45, 2.75) is 60.9 Å². The van der Waals surface area contributed by atoms with Crippen LogP contribution in [-0.4, -0.2) is 12.4 Å². The standard InChI is InChI=1S/C9H13.C6H14N.2ClH.H2Si.Zr/c1-6-5-7(2)9(4)8(6)3;1-5(2)6(3,4)7;;;;/h5H,1-4H3;5,7H,1-4H3;2*1H;1H2;/q2*-1;;;;+2/p-2. The molecule has 5 heteroatoms. The molecule has 1 aromatic rings. The zero-order chi connectivity index (χ0) is 15.1. The van der Waals surface area contributed by atoms with Crippen molar-refractivity contribution in [3.8, 4) is 0 Å². The first-order valence-corrected chi connectivity index (χ1v) is 12.3. The Bertz CT molecular complexity index is 335. The van der Waals surface area contributed by atoms with Crippen LogP contribution < -0.4 is 24.8 Å². The first-order valence-electron chi connectivity index (χ1n) is 6.37. The van der Waals surface area contributed by atoms with E-state index >= 15 is 0 Å². The quantitative estimate of drug-likeness (QED) is 0.383. The van der Waals surface area contributed by atoms with E-state index in [2.05, 4.69) is 47.6 Å². The molecule has 0 saturated heterocycles. The van der Waals surface area contributed by atoms with Gasteiger partial charge in [0.1, 0.15) is 0 Å². The van der Waals surface area contributed by atoms with Crippen molar-refractivity contribution in [3.05, 3.63) is 34.1 Å². The predicted molar refractivity (Wildman–Crippen MR) is 82.8 cm³/mol. The van der Waals surface area contributed by atoms with Gasteiger partial charge >= 0.3 is 30.2 Å². The Hall–Kier alpha value is 0.990. The Morgan fingerprint density at radius 2 is 1.45 bits per heavy atom. The average Bonchev–Trinajstić information content (AvgIpc) is 2.48. The Kier molecular flexibility index (Phi) is 19.8. The van der Waals surface area contributed by atoms with Crippen LogP contribution in [0.25, 0.3) is 5.73 Å². The minimum absolute atomic E-state index is 0. The summed E-state index contributed by atoms with van der Waals surface area (Å²) in [5.74, 6) is 0.465. The van der Waals surface area contributed by atoms with E-state index < -0.39 is 0 Å². The maximum absolute atomic E-state index is 7.39. The predicted octanol–water partition coefficient (Wildman–Crippen LogP) is -1.80. The summed E-state index contributed by atoms with van der Waals surface area (Å²) in [4.78, 5) is 0. The fourth-order valence-electron chi connectivity index (χ4n) is 1.13. The van der Waals surface area contributed by atoms with E-state index in [0.29, 0.717) is 5.92 Å². The Morgan fingerprint density at radius 3 is 1.50 bits per heavy atom. The fraction of sp³-hybridized carbons (Fsp3) is 0.667. The van der Waals surface area contributed by atoms with Gasteiger partial charge in [0.15, 0.2) is 0 Å². The van der Waals surface area contributed by atoms with E-state index in [-0.39, 0.29) is 30.4 Å². The normalized spacial score (nSPS) is 9.40. The second-order valence-corrected chi connectivity index (χ2v) is 5.64. The summed E-state index contributed by atoms with van der Waals surface area (Å²) in [6, 6.07) is 2.24. The van der Waals surface area contributed by atoms with E-state index in [1.54, 1.807) is 23.3 Å². The molecule has 0 bridgehead atoms. The van der Waals surface area contributed by atoms with Crippen molar-refractivity contribution >= 4 is 6.88 Å². The van der Waals surface area contributed by atoms with Gasteiger partial charge < -0.3 is 30.5 Å². The third-order valence-corrected chi connectivity index (χ3v) is 3.62. The monoisotopic (exact) mass is 411 g/mol. The van der Waals surface area contributed by atoms with Gasteiger partial charge in [0.25, 0.3) is 0 Å². The van der Waals surface area contributed by atoms with Crippen LogP contribution in [0, 0.1) is 33.6 Å². The van der Waals surface area contributed by atoms with Gasteiger partial charge in [0.05, 0.1) is 0 Å². The van der Waals surface area contributed by atoms with Gasteiger partial charge in [-0.3, -0.25) is 0 Å². The Balaban J connectivity index is -0.000000107. The van der Waals surface area contributed by atoms with Crippen LogP contribution in [0.2, 0.25) is 0 Å². The number of rotatable bonds is 1. The molecule has 0 radical (unpaired) electrons. The molecule has 0 unspecified atom stereocenters. The zero-order valence-corrected chi connectivity index (χ0v) is 19.5. The van der Waals surface area contributed by atoms with Crippen LogP contribution in [-0.2, 0) is 23.3 Å². The van der Waals surface area contributed by atoms with Crippen LogP contribution in [0.15, 0.2) is 6.07 Å². The average molecular weight is 414 g/mol. The summed E-state index contributed by atoms with van der Waals surface area (Å²) >= 11 is 1.58. The number of hydrogen-bond acceptors (Lipinski definition) is 0. The van der Waals surface area contributed by atoms with Gasteiger partial charge in [-0.2, -0.15) is 28.3 Å². The molecule has 0 spiro atoms. The van der Waals surface area contributed by atoms with Crippen LogP contribution in [0.1, 0.15) is 49.9 Å². The van der Waals surface area contributed by atoms with Gasteiger partial charge in [0, 0.05) is 0 Å². The maximum atomic E-state index is 7.39. The summed E-state index contributed by atoms with van der Waals surface area (Å²) < 4.78 is 0. The van der Waals surface area contributed by atoms with E-state index in [4.69, 9.17) is 5.73 Å². The molecule has 118 valence electrons. The van der Waals surface area contributed by atoms with Crippen molar-refractivity contribution < 1.29 is 48.1 Å². The van der Waals surface area contributed by atoms with Crippen molar-refractivity contribution in [2.75, 3.05) is 0 Å². The minimum atomic E-state index is -0.250. The van der Waals surface area contributed by atoms with Crippen LogP contribution in [0.4, 0.5) is 0 Å². The fourth-order valence-corrected chi connectivity index (χ4v) is 1.13. The van der Waals surface area contributed by atoms with Crippen LogP contribution in [0.5, 0.6) is 0 Å². The van der Waals surface area contributed by atoms with Gasteiger partial charge in [-0.1, -0.05) is 61.3 Å². The van der Waals surface area contributed by atoms with Crippen molar-refractivity contribution in [2.24, 2.45) is 5.92 Å². The molecule has 0 heterocycles. The van der Waals surface area contributed by atoms with Crippen LogP contribution >= 0.6 is 0 Å². The van der Waals surface area contributed by atoms with E-state index in [1.807, 2.05) is 20.7 Å². The topological polar surface area (TPSA) is 23.8 Å². The number of halogens is 2. The summed E-state index contributed by atoms with van der Waals surface area (Å²) in [7, 11) is 0. The summed E-state index contributed by atoms with van der Waals surface area (Å²) in [6.07, 6.45) is 0. The molecule has 0 atom stereocenters. The van der Waals surface area contributed by atoms with Crippen molar-refractivity contribution in [1.82, 2.24) is 0 Å². The van der Waals surface area contributed by atoms with Gasteiger partial charge in [-0.15, -0.1) is 5.54 Å². The molecule has 0 fully saturated rings. The van der Waals surface area contributed by atoms with E-state index in [9.17, 15) is 0 Å². The first-order chi connectivity index (χ1) is 8.07. The molecule has 0 aliphatic rings. The Morgan fingerprint density at radius 1 is 1.15 bits per heavy atom. The molecular formula is C15H29Cl2NSiZr-2. The summed E-state index contributed by atoms with van der Waals surface area (Å²) in [5, 5.41) is 0. The molecule has 1 rings (SSSR count). The molecule has 0 saturated carbocycles. The van der Waals surface area contributed by atoms with Gasteiger partial charge in [-0.25, -0.2) is 0 Å². The van der Waals surface area contributed by atoms with Gasteiger partial charge in [0.2, 0.25) is 0 Å². The SMILES string of the molecule is CC(C)C(C)(C)[NH-].Cc1c[c-](C)c(C)c1C.[Cl-].[Cl-].[SiH2]=[Zr+2]. The second kappa shape index (κ2) is 13.6. The number of nitrogens with one attached hydrogen (secondary N) is 1. The summed E-state index contributed by atoms with van der Waals surface area (Å²) in [6.45, 7) is 18.6. The molecule has 0 amide bonds. The first kappa shape index (κ1) is 29.1. The third-order valence-electron chi connectivity index (χ3n) is 3.62. The van der Waals surface area contributed by atoms with Crippen molar-refractivity contribution in [3.63, 3.8) is 0 Å². The number of hydrogen-bond donors (Lipinski definition) is 0. The van der Waals surface area contributed by atoms with Crippen LogP contribution in [0.3, 0.4) is 0 Å². The molecule has 0 aliphatic heterocycles. The van der Waals surface area contributed by atoms with Gasteiger partial charge in [-0.05, 0) is 0 Å². The molecule has 1 N–H and O–H groups in total. The molecular weight excluding hydrogens is 384 g/mol. The van der Waals surface area contributed by atoms with Crippen molar-refractivity contribution in [1.29, 1.82) is 0 Å². The Labute approximate surface area is 155 Å². The second-order valence-electron chi connectivity index (χ2n) is 5.64. The zero-order valence-electron chi connectivity index (χ0n) is 14.1. The van der Waals surface area contributed by atoms with E-state index in [0.717, 1.165) is 0 Å². The third kappa shape index (κ3) is 11.6. The number of aryl methyl sites for hydroxylation is 2. The summed E-state index contributed by atoms with van der Waals surface area (Å²) in [5.41, 5.74) is 12.9. The molecule has 1 aromatic carbocycles. The molecule has 1 nitrogen and oxygen atoms in total. The molecule has 0 aliphatic carbocycles. The molecule has 0 aromatic heterocycles. The van der Waals surface area contributed by atoms with E-state index in [1.165, 1.54) is 22.3 Å². The molecule has 20 heavy (non-hydrogen) atoms.